The van der Waals surface area contributed by atoms with Crippen LogP contribution in [0.5, 0.6) is 5.75 Å². The topological polar surface area (TPSA) is 103 Å². The van der Waals surface area contributed by atoms with Crippen molar-refractivity contribution in [2.75, 3.05) is 13.1 Å². The van der Waals surface area contributed by atoms with E-state index in [0.29, 0.717) is 34.0 Å². The Hall–Kier alpha value is -3.78. The molecule has 8 heteroatoms. The molecule has 1 aliphatic rings. The van der Waals surface area contributed by atoms with Crippen molar-refractivity contribution in [3.05, 3.63) is 60.0 Å². The lowest BCUT2D eigenvalue weighted by Crippen LogP contribution is -2.26. The lowest BCUT2D eigenvalue weighted by Gasteiger charge is -2.23. The summed E-state index contributed by atoms with van der Waals surface area (Å²) in [5, 5.41) is 21.9. The van der Waals surface area contributed by atoms with Gasteiger partial charge in [-0.1, -0.05) is 6.07 Å². The van der Waals surface area contributed by atoms with E-state index in [1.165, 1.54) is 17.7 Å². The Morgan fingerprint density at radius 3 is 2.75 bits per heavy atom. The van der Waals surface area contributed by atoms with Gasteiger partial charge in [0, 0.05) is 23.2 Å². The minimum absolute atomic E-state index is 0.135. The lowest BCUT2D eigenvalue weighted by atomic mass is 9.89. The zero-order chi connectivity index (χ0) is 21.7. The van der Waals surface area contributed by atoms with Crippen LogP contribution < -0.4 is 5.32 Å². The molecule has 0 atom stereocenters. The number of aromatic nitrogens is 5. The van der Waals surface area contributed by atoms with Crippen molar-refractivity contribution in [3.8, 4) is 28.4 Å². The number of hydrogen-bond acceptors (Lipinski definition) is 5. The van der Waals surface area contributed by atoms with E-state index in [4.69, 9.17) is 4.98 Å². The highest BCUT2D eigenvalue weighted by atomic mass is 19.1. The maximum Gasteiger partial charge on any atom is 0.160 e. The molecule has 32 heavy (non-hydrogen) atoms. The van der Waals surface area contributed by atoms with Gasteiger partial charge in [0.05, 0.1) is 5.52 Å². The number of rotatable bonds is 3. The molecule has 0 radical (unpaired) electrons. The Bertz CT molecular complexity index is 1430. The fourth-order valence-electron chi connectivity index (χ4n) is 4.61. The number of benzene rings is 2. The van der Waals surface area contributed by atoms with E-state index in [-0.39, 0.29) is 5.75 Å². The molecule has 160 valence electrons. The minimum Gasteiger partial charge on any atom is -0.508 e. The molecule has 0 unspecified atom stereocenters. The number of fused-ring (bicyclic) bond motifs is 2. The average Bonchev–Trinajstić information content (AvgIpc) is 3.42. The summed E-state index contributed by atoms with van der Waals surface area (Å²) in [6, 6.07) is 12.2. The molecule has 4 N–H and O–H groups in total. The van der Waals surface area contributed by atoms with E-state index in [1.807, 2.05) is 0 Å². The van der Waals surface area contributed by atoms with Crippen LogP contribution in [-0.4, -0.2) is 43.3 Å². The Kier molecular flexibility index (Phi) is 4.39. The number of H-pyrrole nitrogens is 2. The number of aromatic amines is 2. The number of imidazole rings is 1. The first-order valence-electron chi connectivity index (χ1n) is 10.7. The van der Waals surface area contributed by atoms with Gasteiger partial charge in [-0.05, 0) is 73.3 Å². The van der Waals surface area contributed by atoms with Crippen molar-refractivity contribution in [3.63, 3.8) is 0 Å². The summed E-state index contributed by atoms with van der Waals surface area (Å²) in [5.41, 5.74) is 5.37. The van der Waals surface area contributed by atoms with Gasteiger partial charge in [-0.2, -0.15) is 5.10 Å². The standard InChI is InChI=1S/C24H21FN6O/c25-16-9-15(10-17(32)12-16)18-5-8-27-23-21(18)28-24(29-23)22-19-11-14(1-2-20(19)30-31-22)13-3-6-26-7-4-13/h1-2,5,8-13,26,32H,3-4,6-7H2,(H,30,31)(H,27,28,29). The van der Waals surface area contributed by atoms with Gasteiger partial charge in [-0.3, -0.25) is 5.10 Å². The van der Waals surface area contributed by atoms with Gasteiger partial charge in [0.25, 0.3) is 0 Å². The highest BCUT2D eigenvalue weighted by Crippen LogP contribution is 2.34. The fourth-order valence-corrected chi connectivity index (χ4v) is 4.61. The summed E-state index contributed by atoms with van der Waals surface area (Å²) >= 11 is 0. The largest absolute Gasteiger partial charge is 0.508 e. The van der Waals surface area contributed by atoms with E-state index in [1.54, 1.807) is 12.3 Å². The second kappa shape index (κ2) is 7.42. The van der Waals surface area contributed by atoms with E-state index >= 15 is 0 Å². The first-order valence-corrected chi connectivity index (χ1v) is 10.7. The van der Waals surface area contributed by atoms with Crippen LogP contribution in [0.1, 0.15) is 24.3 Å². The fraction of sp³-hybridized carbons (Fsp3) is 0.208. The summed E-state index contributed by atoms with van der Waals surface area (Å²) in [6.07, 6.45) is 3.88. The number of halogens is 1. The number of phenols is 1. The Balaban J connectivity index is 1.47. The van der Waals surface area contributed by atoms with Crippen LogP contribution in [0.4, 0.5) is 4.39 Å². The van der Waals surface area contributed by atoms with E-state index < -0.39 is 5.82 Å². The van der Waals surface area contributed by atoms with Crippen LogP contribution in [0.25, 0.3) is 44.7 Å². The third kappa shape index (κ3) is 3.20. The molecule has 1 saturated heterocycles. The highest BCUT2D eigenvalue weighted by molar-refractivity contribution is 5.96. The normalized spacial score (nSPS) is 15.0. The van der Waals surface area contributed by atoms with Gasteiger partial charge in [0.2, 0.25) is 0 Å². The van der Waals surface area contributed by atoms with Gasteiger partial charge in [-0.15, -0.1) is 0 Å². The molecule has 5 aromatic rings. The molecular formula is C24H21FN6O. The summed E-state index contributed by atoms with van der Waals surface area (Å²) in [6.45, 7) is 2.07. The number of piperidine rings is 1. The maximum absolute atomic E-state index is 13.9. The molecule has 4 heterocycles. The number of phenolic OH excluding ortho intramolecular Hbond substituents is 1. The molecule has 0 saturated carbocycles. The first kappa shape index (κ1) is 18.9. The van der Waals surface area contributed by atoms with Gasteiger partial charge < -0.3 is 15.4 Å². The van der Waals surface area contributed by atoms with Gasteiger partial charge in [0.15, 0.2) is 11.5 Å². The van der Waals surface area contributed by atoms with Gasteiger partial charge in [-0.25, -0.2) is 14.4 Å². The maximum atomic E-state index is 13.9. The van der Waals surface area contributed by atoms with Crippen molar-refractivity contribution in [1.29, 1.82) is 0 Å². The third-order valence-corrected chi connectivity index (χ3v) is 6.20. The molecular weight excluding hydrogens is 407 g/mol. The van der Waals surface area contributed by atoms with Crippen molar-refractivity contribution in [1.82, 2.24) is 30.5 Å². The summed E-state index contributed by atoms with van der Waals surface area (Å²) in [5.74, 6) is 0.483. The summed E-state index contributed by atoms with van der Waals surface area (Å²) in [7, 11) is 0. The quantitative estimate of drug-likeness (QED) is 0.339. The third-order valence-electron chi connectivity index (χ3n) is 6.20. The predicted molar refractivity (Wildman–Crippen MR) is 121 cm³/mol. The van der Waals surface area contributed by atoms with Crippen LogP contribution in [-0.2, 0) is 0 Å². The van der Waals surface area contributed by atoms with Crippen molar-refractivity contribution < 1.29 is 9.50 Å². The number of aromatic hydroxyl groups is 1. The summed E-state index contributed by atoms with van der Waals surface area (Å²) in [4.78, 5) is 12.4. The molecule has 6 rings (SSSR count). The van der Waals surface area contributed by atoms with Crippen molar-refractivity contribution >= 4 is 22.1 Å². The van der Waals surface area contributed by atoms with Crippen molar-refractivity contribution in [2.24, 2.45) is 0 Å². The molecule has 1 fully saturated rings. The summed E-state index contributed by atoms with van der Waals surface area (Å²) < 4.78 is 13.9. The van der Waals surface area contributed by atoms with Crippen LogP contribution in [0, 0.1) is 5.82 Å². The number of nitrogens with one attached hydrogen (secondary N) is 3. The number of pyridine rings is 1. The zero-order valence-electron chi connectivity index (χ0n) is 17.2. The molecule has 2 aromatic carbocycles. The predicted octanol–water partition coefficient (Wildman–Crippen LogP) is 4.48. The van der Waals surface area contributed by atoms with Crippen LogP contribution in [0.2, 0.25) is 0 Å². The van der Waals surface area contributed by atoms with Crippen molar-refractivity contribution in [2.45, 2.75) is 18.8 Å². The highest BCUT2D eigenvalue weighted by Gasteiger charge is 2.19. The molecule has 3 aromatic heterocycles. The SMILES string of the molecule is Oc1cc(F)cc(-c2ccnc3[nH]c(-c4n[nH]c5ccc(C6CCNCC6)cc45)nc23)c1. The van der Waals surface area contributed by atoms with Crippen LogP contribution in [0.3, 0.4) is 0 Å². The second-order valence-electron chi connectivity index (χ2n) is 8.24. The van der Waals surface area contributed by atoms with Crippen LogP contribution in [0.15, 0.2) is 48.7 Å². The Labute approximate surface area is 182 Å². The lowest BCUT2D eigenvalue weighted by molar-refractivity contribution is 0.460. The first-order chi connectivity index (χ1) is 15.7. The van der Waals surface area contributed by atoms with E-state index in [2.05, 4.69) is 43.7 Å². The molecule has 0 aliphatic carbocycles. The second-order valence-corrected chi connectivity index (χ2v) is 8.24. The monoisotopic (exact) mass is 428 g/mol. The zero-order valence-corrected chi connectivity index (χ0v) is 17.2. The average molecular weight is 428 g/mol. The van der Waals surface area contributed by atoms with E-state index in [0.717, 1.165) is 48.6 Å². The Morgan fingerprint density at radius 2 is 1.91 bits per heavy atom. The number of hydrogen-bond donors (Lipinski definition) is 4. The molecule has 1 aliphatic heterocycles. The Morgan fingerprint density at radius 1 is 1.03 bits per heavy atom. The molecule has 7 nitrogen and oxygen atoms in total. The molecule has 0 amide bonds. The minimum atomic E-state index is -0.510. The number of nitrogens with zero attached hydrogens (tertiary/aromatic N) is 3. The van der Waals surface area contributed by atoms with Gasteiger partial charge in [0.1, 0.15) is 22.8 Å². The van der Waals surface area contributed by atoms with Gasteiger partial charge >= 0.3 is 0 Å². The molecule has 0 spiro atoms. The molecule has 0 bridgehead atoms. The van der Waals surface area contributed by atoms with E-state index in [9.17, 15) is 9.50 Å². The smallest absolute Gasteiger partial charge is 0.160 e. The van der Waals surface area contributed by atoms with Crippen LogP contribution >= 0.6 is 0 Å².